The summed E-state index contributed by atoms with van der Waals surface area (Å²) >= 11 is 6.37. The first-order valence-corrected chi connectivity index (χ1v) is 11.5. The minimum Gasteiger partial charge on any atom is -0.480 e. The molecule has 0 spiro atoms. The molecule has 0 radical (unpaired) electrons. The van der Waals surface area contributed by atoms with E-state index in [2.05, 4.69) is 33.9 Å². The summed E-state index contributed by atoms with van der Waals surface area (Å²) in [7, 11) is 1.61. The molecule has 1 N–H and O–H groups in total. The lowest BCUT2D eigenvalue weighted by molar-refractivity contribution is 0.400. The summed E-state index contributed by atoms with van der Waals surface area (Å²) in [6, 6.07) is 23.9. The highest BCUT2D eigenvalue weighted by Gasteiger charge is 2.17. The molecule has 0 saturated heterocycles. The van der Waals surface area contributed by atoms with Crippen LogP contribution in [0.25, 0.3) is 28.1 Å². The zero-order valence-electron chi connectivity index (χ0n) is 19.0. The van der Waals surface area contributed by atoms with Crippen LogP contribution in [0.1, 0.15) is 13.3 Å². The fourth-order valence-electron chi connectivity index (χ4n) is 3.99. The molecule has 0 atom stereocenters. The number of para-hydroxylation sites is 2. The monoisotopic (exact) mass is 469 g/mol. The first kappa shape index (κ1) is 21.9. The Balaban J connectivity index is 1.80. The third-order valence-electron chi connectivity index (χ3n) is 5.50. The number of pyridine rings is 1. The molecule has 1 aliphatic heterocycles. The minimum absolute atomic E-state index is 0.518. The normalized spacial score (nSPS) is 11.8. The molecule has 0 fully saturated rings. The predicted molar refractivity (Wildman–Crippen MR) is 137 cm³/mol. The van der Waals surface area contributed by atoms with Crippen LogP contribution in [0.2, 0.25) is 5.02 Å². The minimum atomic E-state index is 0.518. The lowest BCUT2D eigenvalue weighted by Gasteiger charge is -2.20. The number of hydrogen-bond acceptors (Lipinski definition) is 5. The zero-order valence-corrected chi connectivity index (χ0v) is 19.8. The van der Waals surface area contributed by atoms with Gasteiger partial charge in [-0.3, -0.25) is 4.99 Å². The lowest BCUT2D eigenvalue weighted by atomic mass is 10.1. The number of nitrogens with one attached hydrogen (secondary N) is 1. The fraction of sp³-hybridized carbons (Fsp3) is 0.148. The first-order chi connectivity index (χ1) is 16.7. The van der Waals surface area contributed by atoms with Crippen LogP contribution in [0.5, 0.6) is 5.88 Å². The Labute approximate surface area is 202 Å². The van der Waals surface area contributed by atoms with Gasteiger partial charge < -0.3 is 14.6 Å². The smallest absolute Gasteiger partial charge is 0.237 e. The zero-order chi connectivity index (χ0) is 23.5. The third kappa shape index (κ3) is 4.20. The van der Waals surface area contributed by atoms with Gasteiger partial charge in [0, 0.05) is 23.5 Å². The summed E-state index contributed by atoms with van der Waals surface area (Å²) in [4.78, 5) is 14.1. The van der Waals surface area contributed by atoms with Crippen molar-refractivity contribution in [2.45, 2.75) is 13.3 Å². The molecule has 3 aromatic rings. The van der Waals surface area contributed by atoms with E-state index in [1.54, 1.807) is 13.3 Å². The number of hydrogen-bond donors (Lipinski definition) is 1. The van der Waals surface area contributed by atoms with Crippen LogP contribution < -0.4 is 15.4 Å². The molecule has 2 aliphatic rings. The SMILES string of the molecule is CCCN=c1cc2n(-c3cccc(Cl)c3)c3ccccc3nc-2cc1Nc1cccnc1OC. The van der Waals surface area contributed by atoms with Gasteiger partial charge >= 0.3 is 0 Å². The van der Waals surface area contributed by atoms with Crippen LogP contribution in [0.15, 0.2) is 84.0 Å². The largest absolute Gasteiger partial charge is 0.480 e. The Morgan fingerprint density at radius 3 is 2.71 bits per heavy atom. The van der Waals surface area contributed by atoms with Gasteiger partial charge in [-0.2, -0.15) is 0 Å². The van der Waals surface area contributed by atoms with Crippen LogP contribution in [-0.4, -0.2) is 28.2 Å². The number of ether oxygens (including phenoxy) is 1. The van der Waals surface area contributed by atoms with Gasteiger partial charge in [-0.25, -0.2) is 9.97 Å². The number of anilines is 2. The summed E-state index contributed by atoms with van der Waals surface area (Å²) in [5.41, 5.74) is 6.23. The number of rotatable bonds is 6. The van der Waals surface area contributed by atoms with Crippen molar-refractivity contribution in [3.63, 3.8) is 0 Å². The van der Waals surface area contributed by atoms with Crippen molar-refractivity contribution in [3.8, 4) is 23.0 Å². The van der Waals surface area contributed by atoms with Gasteiger partial charge in [0.2, 0.25) is 5.88 Å². The summed E-state index contributed by atoms with van der Waals surface area (Å²) < 4.78 is 7.62. The lowest BCUT2D eigenvalue weighted by Crippen LogP contribution is -2.15. The second-order valence-corrected chi connectivity index (χ2v) is 8.28. The number of nitrogens with zero attached hydrogens (tertiary/aromatic N) is 4. The van der Waals surface area contributed by atoms with Gasteiger partial charge in [-0.1, -0.05) is 36.7 Å². The molecule has 0 bridgehead atoms. The number of benzene rings is 3. The van der Waals surface area contributed by atoms with Crippen molar-refractivity contribution in [2.75, 3.05) is 19.0 Å². The number of aromatic nitrogens is 3. The van der Waals surface area contributed by atoms with Gasteiger partial charge in [0.15, 0.2) is 0 Å². The van der Waals surface area contributed by atoms with Crippen LogP contribution in [-0.2, 0) is 0 Å². The summed E-state index contributed by atoms with van der Waals surface area (Å²) in [6.07, 6.45) is 2.65. The van der Waals surface area contributed by atoms with E-state index in [0.29, 0.717) is 17.4 Å². The second-order valence-electron chi connectivity index (χ2n) is 7.84. The standard InChI is InChI=1S/C27H24ClN5O/c1-3-13-29-22-17-26-24(16-23(22)32-21-11-7-14-30-27(21)34-2)31-20-10-4-5-12-25(20)33(26)19-9-6-8-18(28)15-19/h4-12,14-17,32H,3,13H2,1-2H3. The predicted octanol–water partition coefficient (Wildman–Crippen LogP) is 6.24. The Morgan fingerprint density at radius 1 is 1.00 bits per heavy atom. The van der Waals surface area contributed by atoms with Crippen LogP contribution in [0.4, 0.5) is 11.4 Å². The number of fused-ring (bicyclic) bond motifs is 2. The molecule has 1 aromatic heterocycles. The summed E-state index contributed by atoms with van der Waals surface area (Å²) in [6.45, 7) is 2.82. The maximum absolute atomic E-state index is 6.37. The quantitative estimate of drug-likeness (QED) is 0.299. The van der Waals surface area contributed by atoms with E-state index in [9.17, 15) is 0 Å². The van der Waals surface area contributed by atoms with Crippen molar-refractivity contribution in [3.05, 3.63) is 89.4 Å². The Hall–Kier alpha value is -3.90. The molecular weight excluding hydrogens is 446 g/mol. The van der Waals surface area contributed by atoms with Crippen molar-refractivity contribution in [1.82, 2.24) is 14.5 Å². The topological polar surface area (TPSA) is 64.3 Å². The van der Waals surface area contributed by atoms with Gasteiger partial charge in [0.05, 0.1) is 40.6 Å². The summed E-state index contributed by atoms with van der Waals surface area (Å²) in [5.74, 6) is 0.518. The third-order valence-corrected chi connectivity index (χ3v) is 5.74. The molecule has 34 heavy (non-hydrogen) atoms. The van der Waals surface area contributed by atoms with E-state index in [1.165, 1.54) is 0 Å². The number of halogens is 1. The highest BCUT2D eigenvalue weighted by Crippen LogP contribution is 2.32. The highest BCUT2D eigenvalue weighted by atomic mass is 35.5. The van der Waals surface area contributed by atoms with Crippen molar-refractivity contribution in [2.24, 2.45) is 4.99 Å². The number of methoxy groups -OCH3 is 1. The molecule has 170 valence electrons. The molecule has 7 heteroatoms. The summed E-state index contributed by atoms with van der Waals surface area (Å²) in [5, 5.41) is 4.98. The first-order valence-electron chi connectivity index (χ1n) is 11.2. The molecule has 0 amide bonds. The average molecular weight is 470 g/mol. The van der Waals surface area contributed by atoms with Crippen molar-refractivity contribution in [1.29, 1.82) is 0 Å². The molecule has 2 aromatic carbocycles. The van der Waals surface area contributed by atoms with Crippen LogP contribution in [0.3, 0.4) is 0 Å². The van der Waals surface area contributed by atoms with E-state index >= 15 is 0 Å². The maximum Gasteiger partial charge on any atom is 0.237 e. The Bertz CT molecular complexity index is 1510. The van der Waals surface area contributed by atoms with Crippen LogP contribution >= 0.6 is 11.6 Å². The molecule has 6 nitrogen and oxygen atoms in total. The average Bonchev–Trinajstić information content (AvgIpc) is 2.86. The molecule has 2 heterocycles. The maximum atomic E-state index is 6.37. The van der Waals surface area contributed by atoms with Gasteiger partial charge in [0.25, 0.3) is 0 Å². The highest BCUT2D eigenvalue weighted by molar-refractivity contribution is 6.30. The molecule has 0 saturated carbocycles. The molecular formula is C27H24ClN5O. The van der Waals surface area contributed by atoms with Crippen molar-refractivity contribution >= 4 is 34.0 Å². The molecule has 5 rings (SSSR count). The molecule has 0 unspecified atom stereocenters. The van der Waals surface area contributed by atoms with E-state index in [4.69, 9.17) is 26.3 Å². The van der Waals surface area contributed by atoms with Gasteiger partial charge in [-0.05, 0) is 61.0 Å². The van der Waals surface area contributed by atoms with Gasteiger partial charge in [0.1, 0.15) is 5.69 Å². The van der Waals surface area contributed by atoms with E-state index in [1.807, 2.05) is 60.7 Å². The second kappa shape index (κ2) is 9.53. The van der Waals surface area contributed by atoms with Gasteiger partial charge in [-0.15, -0.1) is 0 Å². The van der Waals surface area contributed by atoms with Crippen LogP contribution in [0, 0.1) is 0 Å². The van der Waals surface area contributed by atoms with Crippen molar-refractivity contribution < 1.29 is 4.74 Å². The Kier molecular flexibility index (Phi) is 6.14. The van der Waals surface area contributed by atoms with E-state index in [-0.39, 0.29) is 0 Å². The Morgan fingerprint density at radius 2 is 1.88 bits per heavy atom. The van der Waals surface area contributed by atoms with E-state index < -0.39 is 0 Å². The molecule has 1 aliphatic carbocycles. The fourth-order valence-corrected chi connectivity index (χ4v) is 4.18. The van der Waals surface area contributed by atoms with E-state index in [0.717, 1.165) is 51.3 Å².